The molecule has 1 heterocycles. The fourth-order valence-corrected chi connectivity index (χ4v) is 4.25. The van der Waals surface area contributed by atoms with Gasteiger partial charge in [0.15, 0.2) is 0 Å². The van der Waals surface area contributed by atoms with Crippen molar-refractivity contribution in [2.24, 2.45) is 7.05 Å². The quantitative estimate of drug-likeness (QED) is 0.582. The van der Waals surface area contributed by atoms with E-state index in [0.717, 1.165) is 30.0 Å². The second-order valence-corrected chi connectivity index (χ2v) is 8.17. The molecule has 0 radical (unpaired) electrons. The van der Waals surface area contributed by atoms with Crippen molar-refractivity contribution < 1.29 is 13.2 Å². The lowest BCUT2D eigenvalue weighted by atomic mass is 10.2. The first-order valence-electron chi connectivity index (χ1n) is 7.86. The van der Waals surface area contributed by atoms with Crippen LogP contribution >= 0.6 is 46.6 Å². The zero-order chi connectivity index (χ0) is 22.4. The van der Waals surface area contributed by atoms with E-state index in [1.807, 2.05) is 4.98 Å². The molecule has 0 fully saturated rings. The first kappa shape index (κ1) is 22.5. The second kappa shape index (κ2) is 8.18. The number of rotatable bonds is 3. The van der Waals surface area contributed by atoms with Gasteiger partial charge in [0, 0.05) is 16.8 Å². The van der Waals surface area contributed by atoms with Gasteiger partial charge in [0.05, 0.1) is 26.3 Å². The molecule has 6 nitrogen and oxygen atoms in total. The number of nitrogens with one attached hydrogen (secondary N) is 1. The van der Waals surface area contributed by atoms with E-state index in [2.05, 4.69) is 0 Å². The van der Waals surface area contributed by atoms with Crippen molar-refractivity contribution in [3.63, 3.8) is 0 Å². The van der Waals surface area contributed by atoms with E-state index in [4.69, 9.17) is 34.8 Å². The minimum absolute atomic E-state index is 0.0358. The van der Waals surface area contributed by atoms with Crippen molar-refractivity contribution in [2.45, 2.75) is 16.0 Å². The fourth-order valence-electron chi connectivity index (χ4n) is 2.42. The summed E-state index contributed by atoms with van der Waals surface area (Å²) < 4.78 is 40.3. The Morgan fingerprint density at radius 1 is 0.933 bits per heavy atom. The van der Waals surface area contributed by atoms with E-state index < -0.39 is 28.8 Å². The molecule has 0 amide bonds. The lowest BCUT2D eigenvalue weighted by Crippen LogP contribution is -2.47. The normalized spacial score (nSPS) is 11.7. The summed E-state index contributed by atoms with van der Waals surface area (Å²) in [5, 5.41) is -0.0396. The third-order valence-electron chi connectivity index (χ3n) is 3.91. The van der Waals surface area contributed by atoms with Gasteiger partial charge in [0.2, 0.25) is 0 Å². The van der Waals surface area contributed by atoms with Crippen LogP contribution in [0.25, 0.3) is 5.69 Å². The van der Waals surface area contributed by atoms with Gasteiger partial charge in [-0.2, -0.15) is 13.2 Å². The van der Waals surface area contributed by atoms with Gasteiger partial charge in [-0.15, -0.1) is 0 Å². The van der Waals surface area contributed by atoms with Gasteiger partial charge < -0.3 is 0 Å². The summed E-state index contributed by atoms with van der Waals surface area (Å²) in [6.07, 6.45) is -4.57. The van der Waals surface area contributed by atoms with Gasteiger partial charge in [0.25, 0.3) is 0 Å². The summed E-state index contributed by atoms with van der Waals surface area (Å²) in [4.78, 5) is 38.0. The number of hydrogen-bond donors (Lipinski definition) is 1. The highest BCUT2D eigenvalue weighted by Crippen LogP contribution is 2.44. The van der Waals surface area contributed by atoms with E-state index >= 15 is 0 Å². The first-order valence-corrected chi connectivity index (χ1v) is 9.81. The van der Waals surface area contributed by atoms with Crippen LogP contribution in [0.5, 0.6) is 0 Å². The summed E-state index contributed by atoms with van der Waals surface area (Å²) in [5.74, 6) is 0. The van der Waals surface area contributed by atoms with Crippen molar-refractivity contribution in [3.8, 4) is 5.69 Å². The molecule has 158 valence electrons. The fraction of sp³-hybridized carbons (Fsp3) is 0.118. The molecule has 0 spiro atoms. The standard InChI is InChI=1S/C17H9Cl3F3N3O3S/c1-25-14(27)24-15(28)26(16(25)29)8-5-10(19)13(11(20)6-8)30-12-4-7(17(21,22)23)2-3-9(12)18/h2-6H,1H3,(H,24,27,28). The molecule has 2 aromatic carbocycles. The second-order valence-electron chi connectivity index (χ2n) is 5.90. The van der Waals surface area contributed by atoms with Crippen LogP contribution < -0.4 is 17.1 Å². The summed E-state index contributed by atoms with van der Waals surface area (Å²) in [5.41, 5.74) is -3.77. The number of hydrogen-bond acceptors (Lipinski definition) is 4. The van der Waals surface area contributed by atoms with Gasteiger partial charge in [0.1, 0.15) is 0 Å². The average Bonchev–Trinajstić information content (AvgIpc) is 2.63. The number of H-pyrrole nitrogens is 1. The molecular weight excluding hydrogens is 490 g/mol. The van der Waals surface area contributed by atoms with Gasteiger partial charge in [-0.1, -0.05) is 46.6 Å². The maximum Gasteiger partial charge on any atom is 0.416 e. The van der Waals surface area contributed by atoms with Crippen LogP contribution in [-0.4, -0.2) is 14.1 Å². The van der Waals surface area contributed by atoms with E-state index in [9.17, 15) is 27.6 Å². The van der Waals surface area contributed by atoms with Crippen molar-refractivity contribution in [1.29, 1.82) is 0 Å². The van der Waals surface area contributed by atoms with Crippen LogP contribution in [0.4, 0.5) is 13.2 Å². The molecule has 0 saturated carbocycles. The van der Waals surface area contributed by atoms with E-state index in [-0.39, 0.29) is 30.5 Å². The molecule has 13 heteroatoms. The maximum atomic E-state index is 13.0. The molecule has 3 rings (SSSR count). The number of aromatic amines is 1. The van der Waals surface area contributed by atoms with Crippen molar-refractivity contribution in [3.05, 3.63) is 82.4 Å². The lowest BCUT2D eigenvalue weighted by Gasteiger charge is -2.13. The smallest absolute Gasteiger partial charge is 0.258 e. The molecule has 3 aromatic rings. The molecule has 30 heavy (non-hydrogen) atoms. The van der Waals surface area contributed by atoms with Crippen molar-refractivity contribution in [1.82, 2.24) is 14.1 Å². The number of alkyl halides is 3. The Bertz CT molecular complexity index is 1310. The Hall–Kier alpha value is -2.14. The van der Waals surface area contributed by atoms with Crippen LogP contribution in [0.3, 0.4) is 0 Å². The molecule has 0 aliphatic carbocycles. The van der Waals surface area contributed by atoms with Gasteiger partial charge >= 0.3 is 23.2 Å². The van der Waals surface area contributed by atoms with Gasteiger partial charge in [-0.05, 0) is 30.3 Å². The Kier molecular flexibility index (Phi) is 6.15. The summed E-state index contributed by atoms with van der Waals surface area (Å²) in [6.45, 7) is 0. The molecule has 0 saturated heterocycles. The molecule has 0 unspecified atom stereocenters. The number of nitrogens with zero attached hydrogens (tertiary/aromatic N) is 2. The SMILES string of the molecule is Cn1c(=O)[nH]c(=O)n(-c2cc(Cl)c(Sc3cc(C(F)(F)F)ccc3Cl)c(Cl)c2)c1=O. The topological polar surface area (TPSA) is 76.9 Å². The molecule has 0 aliphatic rings. The Morgan fingerprint density at radius 2 is 1.53 bits per heavy atom. The maximum absolute atomic E-state index is 13.0. The van der Waals surface area contributed by atoms with E-state index in [0.29, 0.717) is 9.13 Å². The Labute approximate surface area is 184 Å². The molecule has 0 bridgehead atoms. The number of benzene rings is 2. The predicted octanol–water partition coefficient (Wildman–Crippen LogP) is 4.35. The van der Waals surface area contributed by atoms with E-state index in [1.54, 1.807) is 0 Å². The molecular formula is C17H9Cl3F3N3O3S. The lowest BCUT2D eigenvalue weighted by molar-refractivity contribution is -0.137. The highest BCUT2D eigenvalue weighted by Gasteiger charge is 2.31. The van der Waals surface area contributed by atoms with Crippen LogP contribution in [0.15, 0.2) is 54.5 Å². The van der Waals surface area contributed by atoms with Crippen LogP contribution in [0.2, 0.25) is 15.1 Å². The monoisotopic (exact) mass is 497 g/mol. The molecule has 1 N–H and O–H groups in total. The van der Waals surface area contributed by atoms with E-state index in [1.165, 1.54) is 19.2 Å². The first-order chi connectivity index (χ1) is 13.9. The Balaban J connectivity index is 2.10. The highest BCUT2D eigenvalue weighted by atomic mass is 35.5. The minimum atomic E-state index is -4.57. The molecule has 1 aromatic heterocycles. The third kappa shape index (κ3) is 4.31. The van der Waals surface area contributed by atoms with Crippen molar-refractivity contribution >= 4 is 46.6 Å². The molecule has 0 atom stereocenters. The summed E-state index contributed by atoms with van der Waals surface area (Å²) in [7, 11) is 1.17. The Morgan fingerprint density at radius 3 is 2.10 bits per heavy atom. The van der Waals surface area contributed by atoms with Gasteiger partial charge in [-0.3, -0.25) is 4.98 Å². The zero-order valence-electron chi connectivity index (χ0n) is 14.7. The third-order valence-corrected chi connectivity index (χ3v) is 6.38. The summed E-state index contributed by atoms with van der Waals surface area (Å²) >= 11 is 19.2. The molecule has 0 aliphatic heterocycles. The minimum Gasteiger partial charge on any atom is -0.258 e. The van der Waals surface area contributed by atoms with Crippen LogP contribution in [-0.2, 0) is 13.2 Å². The largest absolute Gasteiger partial charge is 0.416 e. The van der Waals surface area contributed by atoms with Crippen molar-refractivity contribution in [2.75, 3.05) is 0 Å². The van der Waals surface area contributed by atoms with Crippen LogP contribution in [0, 0.1) is 0 Å². The van der Waals surface area contributed by atoms with Crippen LogP contribution in [0.1, 0.15) is 5.56 Å². The predicted molar refractivity (Wildman–Crippen MR) is 108 cm³/mol. The number of aromatic nitrogens is 3. The van der Waals surface area contributed by atoms with Gasteiger partial charge in [-0.25, -0.2) is 23.5 Å². The average molecular weight is 499 g/mol. The number of halogens is 6. The zero-order valence-corrected chi connectivity index (χ0v) is 17.8. The summed E-state index contributed by atoms with van der Waals surface area (Å²) in [6, 6.07) is 5.25. The highest BCUT2D eigenvalue weighted by molar-refractivity contribution is 7.99.